The van der Waals surface area contributed by atoms with E-state index in [1.54, 1.807) is 18.2 Å². The van der Waals surface area contributed by atoms with Crippen LogP contribution in [0.15, 0.2) is 65.6 Å². The van der Waals surface area contributed by atoms with Crippen molar-refractivity contribution in [2.45, 2.75) is 45.6 Å². The van der Waals surface area contributed by atoms with Crippen molar-refractivity contribution in [1.82, 2.24) is 0 Å². The fraction of sp³-hybridized carbons (Fsp3) is 0.269. The zero-order valence-corrected chi connectivity index (χ0v) is 22.8. The SMILES string of the molecule is Cc1ccc(N([C@H](C)C(=O)Nc2ccc(S(=O)(=O)Nc3c(C)cccc3C)cc2)S(C)(=O)=O)cc1C. The average Bonchev–Trinajstić information content (AvgIpc) is 2.78. The number of hydrogen-bond donors (Lipinski definition) is 2. The maximum atomic E-state index is 13.0. The van der Waals surface area contributed by atoms with E-state index < -0.39 is 32.0 Å². The number of para-hydroxylation sites is 1. The van der Waals surface area contributed by atoms with E-state index in [0.717, 1.165) is 32.8 Å². The highest BCUT2D eigenvalue weighted by Crippen LogP contribution is 2.26. The fourth-order valence-corrected chi connectivity index (χ4v) is 6.17. The summed E-state index contributed by atoms with van der Waals surface area (Å²) in [6, 6.07) is 15.3. The predicted octanol–water partition coefficient (Wildman–Crippen LogP) is 4.51. The van der Waals surface area contributed by atoms with E-state index in [9.17, 15) is 21.6 Å². The second kappa shape index (κ2) is 10.3. The molecule has 36 heavy (non-hydrogen) atoms. The highest BCUT2D eigenvalue weighted by Gasteiger charge is 2.29. The maximum absolute atomic E-state index is 13.0. The number of anilines is 3. The molecule has 3 rings (SSSR count). The quantitative estimate of drug-likeness (QED) is 0.446. The Bertz CT molecular complexity index is 1480. The van der Waals surface area contributed by atoms with Gasteiger partial charge in [-0.25, -0.2) is 16.8 Å². The summed E-state index contributed by atoms with van der Waals surface area (Å²) < 4.78 is 54.6. The minimum atomic E-state index is -3.85. The van der Waals surface area contributed by atoms with Crippen molar-refractivity contribution in [3.63, 3.8) is 0 Å². The van der Waals surface area contributed by atoms with E-state index in [-0.39, 0.29) is 4.90 Å². The molecule has 0 bridgehead atoms. The molecule has 0 radical (unpaired) electrons. The fourth-order valence-electron chi connectivity index (χ4n) is 3.80. The van der Waals surface area contributed by atoms with Crippen molar-refractivity contribution in [3.8, 4) is 0 Å². The zero-order valence-electron chi connectivity index (χ0n) is 21.2. The third-order valence-electron chi connectivity index (χ3n) is 5.98. The van der Waals surface area contributed by atoms with Gasteiger partial charge in [0.05, 0.1) is 22.5 Å². The lowest BCUT2D eigenvalue weighted by Gasteiger charge is -2.28. The van der Waals surface area contributed by atoms with E-state index in [1.165, 1.54) is 31.2 Å². The first-order valence-corrected chi connectivity index (χ1v) is 14.6. The van der Waals surface area contributed by atoms with Crippen LogP contribution >= 0.6 is 0 Å². The van der Waals surface area contributed by atoms with E-state index in [4.69, 9.17) is 0 Å². The van der Waals surface area contributed by atoms with Gasteiger partial charge in [-0.2, -0.15) is 0 Å². The Hall–Kier alpha value is -3.37. The van der Waals surface area contributed by atoms with Gasteiger partial charge < -0.3 is 5.32 Å². The van der Waals surface area contributed by atoms with Gasteiger partial charge >= 0.3 is 0 Å². The number of nitrogens with one attached hydrogen (secondary N) is 2. The number of rotatable bonds is 8. The molecule has 8 nitrogen and oxygen atoms in total. The van der Waals surface area contributed by atoms with Crippen molar-refractivity contribution in [1.29, 1.82) is 0 Å². The molecule has 0 fully saturated rings. The number of sulfonamides is 2. The van der Waals surface area contributed by atoms with Gasteiger partial charge in [0, 0.05) is 5.69 Å². The molecule has 0 aliphatic carbocycles. The van der Waals surface area contributed by atoms with Gasteiger partial charge in [-0.1, -0.05) is 24.3 Å². The molecule has 3 aromatic rings. The Labute approximate surface area is 213 Å². The van der Waals surface area contributed by atoms with E-state index >= 15 is 0 Å². The molecule has 0 unspecified atom stereocenters. The van der Waals surface area contributed by atoms with Crippen molar-refractivity contribution in [3.05, 3.63) is 82.9 Å². The monoisotopic (exact) mass is 529 g/mol. The Balaban J connectivity index is 1.80. The van der Waals surface area contributed by atoms with Crippen LogP contribution in [0.1, 0.15) is 29.2 Å². The summed E-state index contributed by atoms with van der Waals surface area (Å²) in [5.74, 6) is -0.553. The highest BCUT2D eigenvalue weighted by molar-refractivity contribution is 7.92. The maximum Gasteiger partial charge on any atom is 0.261 e. The standard InChI is InChI=1S/C26H31N3O5S2/c1-17-10-13-23(16-20(17)4)29(35(6,31)32)21(5)26(30)27-22-11-14-24(15-12-22)36(33,34)28-25-18(2)8-7-9-19(25)3/h7-16,21,28H,1-6H3,(H,27,30)/t21-/m1/s1. The van der Waals surface area contributed by atoms with Gasteiger partial charge in [0.2, 0.25) is 15.9 Å². The molecule has 0 aliphatic rings. The lowest BCUT2D eigenvalue weighted by atomic mass is 10.1. The summed E-state index contributed by atoms with van der Waals surface area (Å²) >= 11 is 0. The van der Waals surface area contributed by atoms with Crippen LogP contribution < -0.4 is 14.3 Å². The van der Waals surface area contributed by atoms with Crippen molar-refractivity contribution < 1.29 is 21.6 Å². The van der Waals surface area contributed by atoms with Gasteiger partial charge in [-0.05, 0) is 93.3 Å². The Morgan fingerprint density at radius 1 is 0.806 bits per heavy atom. The number of hydrogen-bond acceptors (Lipinski definition) is 5. The average molecular weight is 530 g/mol. The highest BCUT2D eigenvalue weighted by atomic mass is 32.2. The Morgan fingerprint density at radius 2 is 1.39 bits per heavy atom. The summed E-state index contributed by atoms with van der Waals surface area (Å²) in [6.45, 7) is 8.93. The normalized spacial score (nSPS) is 12.6. The smallest absolute Gasteiger partial charge is 0.261 e. The van der Waals surface area contributed by atoms with Crippen molar-refractivity contribution >= 4 is 43.0 Å². The third-order valence-corrected chi connectivity index (χ3v) is 8.59. The molecule has 0 aliphatic heterocycles. The second-order valence-corrected chi connectivity index (χ2v) is 12.4. The summed E-state index contributed by atoms with van der Waals surface area (Å²) in [5, 5.41) is 2.68. The van der Waals surface area contributed by atoms with Crippen molar-refractivity contribution in [2.75, 3.05) is 20.6 Å². The minimum Gasteiger partial charge on any atom is -0.324 e. The molecule has 2 N–H and O–H groups in total. The topological polar surface area (TPSA) is 113 Å². The molecule has 0 saturated heterocycles. The molecule has 10 heteroatoms. The van der Waals surface area contributed by atoms with Crippen LogP contribution in [0.25, 0.3) is 0 Å². The number of benzene rings is 3. The first kappa shape index (κ1) is 27.2. The first-order valence-electron chi connectivity index (χ1n) is 11.3. The lowest BCUT2D eigenvalue weighted by molar-refractivity contribution is -0.116. The number of carbonyl (C=O) groups is 1. The van der Waals surface area contributed by atoms with E-state index in [1.807, 2.05) is 45.9 Å². The van der Waals surface area contributed by atoms with Gasteiger partial charge in [0.25, 0.3) is 10.0 Å². The molecule has 3 aromatic carbocycles. The van der Waals surface area contributed by atoms with Crippen molar-refractivity contribution in [2.24, 2.45) is 0 Å². The third kappa shape index (κ3) is 6.06. The van der Waals surface area contributed by atoms with E-state index in [2.05, 4.69) is 10.0 Å². The van der Waals surface area contributed by atoms with Crippen LogP contribution in [0.2, 0.25) is 0 Å². The minimum absolute atomic E-state index is 0.0316. The van der Waals surface area contributed by atoms with Gasteiger partial charge in [-0.3, -0.25) is 13.8 Å². The number of amides is 1. The summed E-state index contributed by atoms with van der Waals surface area (Å²) in [6.07, 6.45) is 1.05. The van der Waals surface area contributed by atoms with Crippen LogP contribution in [-0.4, -0.2) is 35.0 Å². The Kier molecular flexibility index (Phi) is 7.80. The predicted molar refractivity (Wildman–Crippen MR) is 144 cm³/mol. The van der Waals surface area contributed by atoms with Crippen LogP contribution in [0.5, 0.6) is 0 Å². The Morgan fingerprint density at radius 3 is 1.92 bits per heavy atom. The van der Waals surface area contributed by atoms with Crippen LogP contribution in [0, 0.1) is 27.7 Å². The molecule has 0 aromatic heterocycles. The van der Waals surface area contributed by atoms with Gasteiger partial charge in [-0.15, -0.1) is 0 Å². The largest absolute Gasteiger partial charge is 0.324 e. The number of aryl methyl sites for hydroxylation is 4. The van der Waals surface area contributed by atoms with Crippen LogP contribution in [-0.2, 0) is 24.8 Å². The molecule has 0 spiro atoms. The zero-order chi connectivity index (χ0) is 26.8. The second-order valence-electron chi connectivity index (χ2n) is 8.89. The molecule has 0 heterocycles. The van der Waals surface area contributed by atoms with Gasteiger partial charge in [0.15, 0.2) is 0 Å². The lowest BCUT2D eigenvalue weighted by Crippen LogP contribution is -2.45. The number of carbonyl (C=O) groups excluding carboxylic acids is 1. The summed E-state index contributed by atoms with van der Waals surface area (Å²) in [4.78, 5) is 13.0. The molecule has 0 saturated carbocycles. The van der Waals surface area contributed by atoms with Crippen LogP contribution in [0.4, 0.5) is 17.1 Å². The molecular weight excluding hydrogens is 498 g/mol. The molecule has 1 amide bonds. The van der Waals surface area contributed by atoms with Gasteiger partial charge in [0.1, 0.15) is 6.04 Å². The number of nitrogens with zero attached hydrogens (tertiary/aromatic N) is 1. The molecular formula is C26H31N3O5S2. The molecule has 192 valence electrons. The van der Waals surface area contributed by atoms with E-state index in [0.29, 0.717) is 17.1 Å². The van der Waals surface area contributed by atoms with Crippen LogP contribution in [0.3, 0.4) is 0 Å². The molecule has 1 atom stereocenters. The summed E-state index contributed by atoms with van der Waals surface area (Å²) in [7, 11) is -7.61. The summed E-state index contributed by atoms with van der Waals surface area (Å²) in [5.41, 5.74) is 4.77. The first-order chi connectivity index (χ1) is 16.7.